The van der Waals surface area contributed by atoms with Gasteiger partial charge in [0.25, 0.3) is 0 Å². The highest BCUT2D eigenvalue weighted by Gasteiger charge is 2.06. The lowest BCUT2D eigenvalue weighted by molar-refractivity contribution is 0.488. The quantitative estimate of drug-likeness (QED) is 0.192. The molecule has 4 rings (SSSR count). The van der Waals surface area contributed by atoms with Crippen LogP contribution < -0.4 is 4.74 Å². The van der Waals surface area contributed by atoms with Crippen LogP contribution in [0.2, 0.25) is 0 Å². The number of fused-ring (bicyclic) bond motifs is 2. The van der Waals surface area contributed by atoms with Gasteiger partial charge >= 0.3 is 0 Å². The van der Waals surface area contributed by atoms with Crippen LogP contribution in [0.4, 0.5) is 0 Å². The van der Waals surface area contributed by atoms with E-state index in [0.29, 0.717) is 0 Å². The molecule has 0 atom stereocenters. The zero-order valence-electron chi connectivity index (χ0n) is 18.1. The van der Waals surface area contributed by atoms with Crippen LogP contribution in [-0.2, 0) is 6.42 Å². The Hall–Kier alpha value is -2.80. The molecule has 0 aliphatic carbocycles. The lowest BCUT2D eigenvalue weighted by Crippen LogP contribution is -1.89. The Balaban J connectivity index is 1.38. The Bertz CT molecular complexity index is 1080. The van der Waals surface area contributed by atoms with E-state index < -0.39 is 0 Å². The topological polar surface area (TPSA) is 9.23 Å². The number of rotatable bonds is 10. The van der Waals surface area contributed by atoms with Crippen LogP contribution in [-0.4, -0.2) is 0 Å². The number of hydrogen-bond donors (Lipinski definition) is 0. The van der Waals surface area contributed by atoms with Crippen LogP contribution in [0, 0.1) is 0 Å². The summed E-state index contributed by atoms with van der Waals surface area (Å²) in [4.78, 5) is 0. The van der Waals surface area contributed by atoms with E-state index in [4.69, 9.17) is 4.74 Å². The van der Waals surface area contributed by atoms with Crippen molar-refractivity contribution < 1.29 is 4.74 Å². The molecule has 0 aliphatic heterocycles. The predicted octanol–water partition coefficient (Wildman–Crippen LogP) is 9.08. The zero-order chi connectivity index (χ0) is 20.6. The van der Waals surface area contributed by atoms with Crippen LogP contribution in [0.3, 0.4) is 0 Å². The van der Waals surface area contributed by atoms with Gasteiger partial charge in [0.2, 0.25) is 0 Å². The predicted molar refractivity (Wildman–Crippen MR) is 130 cm³/mol. The van der Waals surface area contributed by atoms with E-state index in [1.807, 2.05) is 0 Å². The van der Waals surface area contributed by atoms with Gasteiger partial charge < -0.3 is 4.74 Å². The van der Waals surface area contributed by atoms with E-state index >= 15 is 0 Å². The molecule has 0 heterocycles. The average Bonchev–Trinajstić information content (AvgIpc) is 2.78. The Morgan fingerprint density at radius 1 is 0.600 bits per heavy atom. The van der Waals surface area contributed by atoms with E-state index in [2.05, 4.69) is 85.8 Å². The number of ether oxygens (including phenoxy) is 1. The van der Waals surface area contributed by atoms with Crippen molar-refractivity contribution in [3.05, 3.63) is 84.4 Å². The molecule has 0 bridgehead atoms. The third kappa shape index (κ3) is 5.21. The fraction of sp³-hybridized carbons (Fsp3) is 0.310. The van der Waals surface area contributed by atoms with Gasteiger partial charge in [-0.15, -0.1) is 0 Å². The van der Waals surface area contributed by atoms with Gasteiger partial charge in [-0.1, -0.05) is 94.0 Å². The van der Waals surface area contributed by atoms with E-state index in [9.17, 15) is 0 Å². The molecule has 0 aromatic heterocycles. The molecule has 0 unspecified atom stereocenters. The highest BCUT2D eigenvalue weighted by atomic mass is 16.5. The lowest BCUT2D eigenvalue weighted by Gasteiger charge is -2.11. The van der Waals surface area contributed by atoms with Crippen LogP contribution in [0.15, 0.2) is 78.9 Å². The summed E-state index contributed by atoms with van der Waals surface area (Å²) in [5, 5.41) is 4.87. The third-order valence-electron chi connectivity index (χ3n) is 5.93. The van der Waals surface area contributed by atoms with Crippen molar-refractivity contribution in [1.29, 1.82) is 0 Å². The van der Waals surface area contributed by atoms with Gasteiger partial charge in [0, 0.05) is 5.39 Å². The van der Waals surface area contributed by atoms with E-state index in [1.54, 1.807) is 0 Å². The summed E-state index contributed by atoms with van der Waals surface area (Å²) in [6, 6.07) is 27.9. The van der Waals surface area contributed by atoms with Gasteiger partial charge in [-0.05, 0) is 64.9 Å². The standard InChI is InChI=1S/C29H32O/c1-2-3-4-5-6-7-8-12-23-17-19-27(20-18-23)30-29-16-11-15-26-21-24-13-9-10-14-25(24)22-28(26)29/h9-11,13-22H,2-8,12H2,1H3. The van der Waals surface area contributed by atoms with Gasteiger partial charge in [-0.25, -0.2) is 0 Å². The van der Waals surface area contributed by atoms with Crippen molar-refractivity contribution in [1.82, 2.24) is 0 Å². The van der Waals surface area contributed by atoms with E-state index in [0.717, 1.165) is 23.3 Å². The van der Waals surface area contributed by atoms with E-state index in [1.165, 1.54) is 66.7 Å². The third-order valence-corrected chi connectivity index (χ3v) is 5.93. The first-order chi connectivity index (χ1) is 14.8. The van der Waals surface area contributed by atoms with Crippen LogP contribution in [0.5, 0.6) is 11.5 Å². The first-order valence-corrected chi connectivity index (χ1v) is 11.5. The number of hydrogen-bond acceptors (Lipinski definition) is 1. The van der Waals surface area contributed by atoms with Gasteiger partial charge in [-0.2, -0.15) is 0 Å². The van der Waals surface area contributed by atoms with Crippen LogP contribution in [0.1, 0.15) is 57.4 Å². The maximum Gasteiger partial charge on any atom is 0.135 e. The molecule has 0 saturated carbocycles. The number of unbranched alkanes of at least 4 members (excludes halogenated alkanes) is 6. The number of benzene rings is 4. The summed E-state index contributed by atoms with van der Waals surface area (Å²) in [5.41, 5.74) is 1.40. The first-order valence-electron chi connectivity index (χ1n) is 11.5. The summed E-state index contributed by atoms with van der Waals surface area (Å²) in [6.45, 7) is 2.27. The largest absolute Gasteiger partial charge is 0.457 e. The zero-order valence-corrected chi connectivity index (χ0v) is 18.1. The SMILES string of the molecule is CCCCCCCCCc1ccc(Oc2cccc3cc4ccccc4cc23)cc1. The number of aryl methyl sites for hydroxylation is 1. The Labute approximate surface area is 180 Å². The van der Waals surface area contributed by atoms with Gasteiger partial charge in [0.05, 0.1) is 0 Å². The minimum absolute atomic E-state index is 0.902. The molecule has 4 aromatic carbocycles. The molecule has 0 radical (unpaired) electrons. The normalized spacial score (nSPS) is 11.2. The summed E-state index contributed by atoms with van der Waals surface area (Å²) in [7, 11) is 0. The van der Waals surface area contributed by atoms with Gasteiger partial charge in [0.1, 0.15) is 11.5 Å². The Morgan fingerprint density at radius 2 is 1.27 bits per heavy atom. The highest BCUT2D eigenvalue weighted by molar-refractivity contribution is 6.00. The van der Waals surface area contributed by atoms with Crippen molar-refractivity contribution in [2.45, 2.75) is 58.3 Å². The fourth-order valence-corrected chi connectivity index (χ4v) is 4.16. The van der Waals surface area contributed by atoms with Crippen molar-refractivity contribution in [2.75, 3.05) is 0 Å². The van der Waals surface area contributed by atoms with Crippen molar-refractivity contribution in [3.63, 3.8) is 0 Å². The molecule has 1 nitrogen and oxygen atoms in total. The maximum atomic E-state index is 6.28. The minimum Gasteiger partial charge on any atom is -0.457 e. The van der Waals surface area contributed by atoms with Crippen molar-refractivity contribution in [3.8, 4) is 11.5 Å². The van der Waals surface area contributed by atoms with Crippen LogP contribution in [0.25, 0.3) is 21.5 Å². The lowest BCUT2D eigenvalue weighted by atomic mass is 10.0. The highest BCUT2D eigenvalue weighted by Crippen LogP contribution is 2.33. The molecule has 0 aliphatic rings. The molecule has 30 heavy (non-hydrogen) atoms. The maximum absolute atomic E-state index is 6.28. The second-order valence-electron chi connectivity index (χ2n) is 8.29. The molecule has 1 heteroatoms. The summed E-state index contributed by atoms with van der Waals surface area (Å²) >= 11 is 0. The smallest absolute Gasteiger partial charge is 0.135 e. The fourth-order valence-electron chi connectivity index (χ4n) is 4.16. The second kappa shape index (κ2) is 10.3. The summed E-state index contributed by atoms with van der Waals surface area (Å²) < 4.78 is 6.28. The molecular formula is C29H32O. The summed E-state index contributed by atoms with van der Waals surface area (Å²) in [5.74, 6) is 1.82. The molecule has 4 aromatic rings. The molecule has 0 N–H and O–H groups in total. The van der Waals surface area contributed by atoms with Gasteiger partial charge in [0.15, 0.2) is 0 Å². The molecule has 0 spiro atoms. The molecule has 0 fully saturated rings. The van der Waals surface area contributed by atoms with Crippen molar-refractivity contribution >= 4 is 21.5 Å². The molecule has 0 amide bonds. The molecule has 0 saturated heterocycles. The minimum atomic E-state index is 0.902. The summed E-state index contributed by atoms with van der Waals surface area (Å²) in [6.07, 6.45) is 10.6. The van der Waals surface area contributed by atoms with Crippen molar-refractivity contribution in [2.24, 2.45) is 0 Å². The van der Waals surface area contributed by atoms with Crippen LogP contribution >= 0.6 is 0 Å². The second-order valence-corrected chi connectivity index (χ2v) is 8.29. The molecule has 154 valence electrons. The first kappa shape index (κ1) is 20.5. The average molecular weight is 397 g/mol. The Morgan fingerprint density at radius 3 is 2.03 bits per heavy atom. The van der Waals surface area contributed by atoms with E-state index in [-0.39, 0.29) is 0 Å². The molecular weight excluding hydrogens is 364 g/mol. The Kier molecular flexibility index (Phi) is 7.03. The monoisotopic (exact) mass is 396 g/mol. The van der Waals surface area contributed by atoms with Gasteiger partial charge in [-0.3, -0.25) is 0 Å².